The molecule has 0 saturated carbocycles. The van der Waals surface area contributed by atoms with Gasteiger partial charge in [-0.3, -0.25) is 4.79 Å². The number of methoxy groups -OCH3 is 1. The number of nitrogens with one attached hydrogen (secondary N) is 1. The van der Waals surface area contributed by atoms with Crippen LogP contribution in [0.3, 0.4) is 0 Å². The minimum absolute atomic E-state index is 0.120. The van der Waals surface area contributed by atoms with Gasteiger partial charge < -0.3 is 24.3 Å². The molecule has 3 aromatic rings. The predicted octanol–water partition coefficient (Wildman–Crippen LogP) is 3.55. The monoisotopic (exact) mass is 508 g/mol. The number of hydrogen-bond acceptors (Lipinski definition) is 7. The summed E-state index contributed by atoms with van der Waals surface area (Å²) in [6.07, 6.45) is 1.80. The number of benzene rings is 1. The lowest BCUT2D eigenvalue weighted by atomic mass is 9.97. The Labute approximate surface area is 213 Å². The third kappa shape index (κ3) is 4.91. The number of anilines is 1. The number of carbonyl (C=O) groups is 2. The number of halogens is 1. The molecule has 5 rings (SSSR count). The van der Waals surface area contributed by atoms with Crippen LogP contribution in [0.25, 0.3) is 11.5 Å². The number of aromatic nitrogens is 4. The van der Waals surface area contributed by atoms with Crippen molar-refractivity contribution in [1.82, 2.24) is 24.6 Å². The second kappa shape index (κ2) is 9.89. The number of hydrogen-bond donors (Lipinski definition) is 1. The first-order valence-corrected chi connectivity index (χ1v) is 12.2. The third-order valence-corrected chi connectivity index (χ3v) is 6.83. The molecule has 1 aromatic carbocycles. The van der Waals surface area contributed by atoms with Gasteiger partial charge in [0.05, 0.1) is 12.2 Å². The van der Waals surface area contributed by atoms with Gasteiger partial charge in [0.25, 0.3) is 5.91 Å². The zero-order valence-corrected chi connectivity index (χ0v) is 21.1. The normalized spacial score (nSPS) is 15.7. The van der Waals surface area contributed by atoms with Crippen molar-refractivity contribution in [2.24, 2.45) is 0 Å². The Morgan fingerprint density at radius 2 is 1.97 bits per heavy atom. The molecule has 194 valence electrons. The number of ether oxygens (including phenoxy) is 2. The lowest BCUT2D eigenvalue weighted by molar-refractivity contribution is 0.0688. The minimum atomic E-state index is -0.628. The fourth-order valence-corrected chi connectivity index (χ4v) is 4.84. The molecule has 0 aliphatic carbocycles. The van der Waals surface area contributed by atoms with E-state index in [0.717, 1.165) is 24.2 Å². The number of pyridine rings is 1. The molecule has 10 nitrogen and oxygen atoms in total. The van der Waals surface area contributed by atoms with Crippen molar-refractivity contribution in [3.63, 3.8) is 0 Å². The van der Waals surface area contributed by atoms with E-state index >= 15 is 0 Å². The molecule has 11 heteroatoms. The van der Waals surface area contributed by atoms with Gasteiger partial charge >= 0.3 is 6.09 Å². The summed E-state index contributed by atoms with van der Waals surface area (Å²) in [7, 11) is 1.53. The van der Waals surface area contributed by atoms with E-state index in [-0.39, 0.29) is 30.1 Å². The first-order chi connectivity index (χ1) is 17.8. The van der Waals surface area contributed by atoms with Gasteiger partial charge in [0.15, 0.2) is 5.82 Å². The first kappa shape index (κ1) is 24.8. The molecule has 37 heavy (non-hydrogen) atoms. The van der Waals surface area contributed by atoms with Crippen molar-refractivity contribution >= 4 is 17.8 Å². The van der Waals surface area contributed by atoms with Crippen LogP contribution in [-0.4, -0.2) is 63.5 Å². The number of aryl methyl sites for hydroxylation is 1. The molecule has 1 N–H and O–H groups in total. The van der Waals surface area contributed by atoms with Gasteiger partial charge in [-0.05, 0) is 62.1 Å². The van der Waals surface area contributed by atoms with Gasteiger partial charge in [-0.15, -0.1) is 10.2 Å². The summed E-state index contributed by atoms with van der Waals surface area (Å²) in [6.45, 7) is 5.34. The van der Waals surface area contributed by atoms with Crippen molar-refractivity contribution in [3.8, 4) is 11.5 Å². The van der Waals surface area contributed by atoms with Crippen LogP contribution in [0.4, 0.5) is 15.0 Å². The van der Waals surface area contributed by atoms with Gasteiger partial charge in [-0.1, -0.05) is 6.07 Å². The maximum atomic E-state index is 14.9. The highest BCUT2D eigenvalue weighted by atomic mass is 19.1. The van der Waals surface area contributed by atoms with E-state index in [9.17, 15) is 14.0 Å². The van der Waals surface area contributed by atoms with E-state index in [1.165, 1.54) is 24.1 Å². The zero-order valence-electron chi connectivity index (χ0n) is 21.1. The van der Waals surface area contributed by atoms with Gasteiger partial charge in [0.2, 0.25) is 0 Å². The summed E-state index contributed by atoms with van der Waals surface area (Å²) in [4.78, 5) is 31.5. The highest BCUT2D eigenvalue weighted by Crippen LogP contribution is 2.35. The molecule has 0 saturated heterocycles. The van der Waals surface area contributed by atoms with Crippen molar-refractivity contribution in [2.75, 3.05) is 32.2 Å². The Balaban J connectivity index is 1.33. The van der Waals surface area contributed by atoms with Crippen LogP contribution in [0.5, 0.6) is 0 Å². The Hall–Kier alpha value is -3.86. The number of fused-ring (bicyclic) bond motifs is 2. The maximum Gasteiger partial charge on any atom is 0.410 e. The molecule has 0 unspecified atom stereocenters. The van der Waals surface area contributed by atoms with Crippen molar-refractivity contribution in [2.45, 2.75) is 45.2 Å². The highest BCUT2D eigenvalue weighted by molar-refractivity contribution is 6.04. The van der Waals surface area contributed by atoms with E-state index < -0.39 is 17.8 Å². The lowest BCUT2D eigenvalue weighted by Gasteiger charge is -2.28. The molecule has 0 spiro atoms. The smallest absolute Gasteiger partial charge is 0.410 e. The third-order valence-electron chi connectivity index (χ3n) is 6.83. The van der Waals surface area contributed by atoms with Crippen LogP contribution >= 0.6 is 0 Å². The predicted molar refractivity (Wildman–Crippen MR) is 133 cm³/mol. The maximum absolute atomic E-state index is 14.9. The number of amides is 2. The van der Waals surface area contributed by atoms with Gasteiger partial charge in [-0.2, -0.15) is 0 Å². The topological polar surface area (TPSA) is 111 Å². The number of rotatable bonds is 6. The van der Waals surface area contributed by atoms with E-state index in [1.807, 2.05) is 0 Å². The standard InChI is InChI=1S/C26H29FN6O4/c1-26(2)9-7-22-30-31-23(33(22)26)20-5-4-6-21(28-20)29-24(34)18-13-17-15-32(25(35)37-12-11-36-3)10-8-16(17)14-19(18)27/h4-6,13-14H,7-12,15H2,1-3H3,(H,28,29,34). The van der Waals surface area contributed by atoms with Crippen LogP contribution in [0.2, 0.25) is 0 Å². The molecule has 2 aromatic heterocycles. The summed E-state index contributed by atoms with van der Waals surface area (Å²) in [6, 6.07) is 8.07. The summed E-state index contributed by atoms with van der Waals surface area (Å²) >= 11 is 0. The summed E-state index contributed by atoms with van der Waals surface area (Å²) in [5.74, 6) is 0.559. The molecule has 4 heterocycles. The summed E-state index contributed by atoms with van der Waals surface area (Å²) in [5, 5.41) is 11.3. The number of carbonyl (C=O) groups excluding carboxylic acids is 2. The largest absolute Gasteiger partial charge is 0.447 e. The molecule has 2 amide bonds. The van der Waals surface area contributed by atoms with Crippen LogP contribution in [0, 0.1) is 5.82 Å². The van der Waals surface area contributed by atoms with Crippen molar-refractivity contribution in [1.29, 1.82) is 0 Å². The molecule has 2 aliphatic rings. The van der Waals surface area contributed by atoms with Crippen molar-refractivity contribution in [3.05, 3.63) is 58.7 Å². The van der Waals surface area contributed by atoms with Gasteiger partial charge in [0, 0.05) is 32.2 Å². The Kier molecular flexibility index (Phi) is 6.63. The molecule has 0 bridgehead atoms. The molecule has 0 atom stereocenters. The fraction of sp³-hybridized carbons (Fsp3) is 0.423. The van der Waals surface area contributed by atoms with Crippen LogP contribution in [0.15, 0.2) is 30.3 Å². The SMILES string of the molecule is COCCOC(=O)N1CCc2cc(F)c(C(=O)Nc3cccc(-c4nnc5n4C(C)(C)CC5)n3)cc2C1. The zero-order chi connectivity index (χ0) is 26.2. The molecule has 0 radical (unpaired) electrons. The second-order valence-corrected chi connectivity index (χ2v) is 9.83. The molecule has 0 fully saturated rings. The molecule has 2 aliphatic heterocycles. The van der Waals surface area contributed by atoms with E-state index in [1.54, 1.807) is 18.2 Å². The van der Waals surface area contributed by atoms with Crippen LogP contribution in [-0.2, 0) is 34.4 Å². The fourth-order valence-electron chi connectivity index (χ4n) is 4.84. The lowest BCUT2D eigenvalue weighted by Crippen LogP contribution is -2.37. The average Bonchev–Trinajstić information content (AvgIpc) is 3.44. The van der Waals surface area contributed by atoms with E-state index in [0.29, 0.717) is 36.7 Å². The van der Waals surface area contributed by atoms with Gasteiger partial charge in [-0.25, -0.2) is 14.2 Å². The van der Waals surface area contributed by atoms with Crippen LogP contribution in [0.1, 0.15) is 47.6 Å². The molecular formula is C26H29FN6O4. The van der Waals surface area contributed by atoms with Crippen molar-refractivity contribution < 1.29 is 23.5 Å². The average molecular weight is 509 g/mol. The second-order valence-electron chi connectivity index (χ2n) is 9.83. The Morgan fingerprint density at radius 1 is 1.14 bits per heavy atom. The highest BCUT2D eigenvalue weighted by Gasteiger charge is 2.34. The van der Waals surface area contributed by atoms with E-state index in [4.69, 9.17) is 9.47 Å². The Bertz CT molecular complexity index is 1350. The van der Waals surface area contributed by atoms with Crippen LogP contribution < -0.4 is 5.32 Å². The van der Waals surface area contributed by atoms with Gasteiger partial charge in [0.1, 0.15) is 29.8 Å². The number of nitrogens with zero attached hydrogens (tertiary/aromatic N) is 5. The quantitative estimate of drug-likeness (QED) is 0.507. The summed E-state index contributed by atoms with van der Waals surface area (Å²) in [5.41, 5.74) is 1.78. The minimum Gasteiger partial charge on any atom is -0.447 e. The summed E-state index contributed by atoms with van der Waals surface area (Å²) < 4.78 is 27.1. The van der Waals surface area contributed by atoms with E-state index in [2.05, 4.69) is 38.9 Å². The molecular weight excluding hydrogens is 479 g/mol. The first-order valence-electron chi connectivity index (χ1n) is 12.2. The Morgan fingerprint density at radius 3 is 2.78 bits per heavy atom.